The lowest BCUT2D eigenvalue weighted by Crippen LogP contribution is -2.34. The first-order valence-corrected chi connectivity index (χ1v) is 3.48. The maximum absolute atomic E-state index is 4.63. The highest BCUT2D eigenvalue weighted by Crippen LogP contribution is 1.81. The second-order valence-corrected chi connectivity index (χ2v) is 2.68. The summed E-state index contributed by atoms with van der Waals surface area (Å²) in [6.45, 7) is 3.12. The van der Waals surface area contributed by atoms with Crippen molar-refractivity contribution in [3.8, 4) is 0 Å². The summed E-state index contributed by atoms with van der Waals surface area (Å²) in [6.07, 6.45) is 0. The molecule has 0 amide bonds. The van der Waals surface area contributed by atoms with Crippen molar-refractivity contribution in [1.29, 1.82) is 0 Å². The number of nitrogens with one attached hydrogen (secondary N) is 1. The van der Waals surface area contributed by atoms with Gasteiger partial charge in [0.05, 0.1) is 5.49 Å². The van der Waals surface area contributed by atoms with Crippen LogP contribution in [0.2, 0.25) is 0 Å². The first-order valence-electron chi connectivity index (χ1n) is 3.01. The second kappa shape index (κ2) is 4.70. The summed E-state index contributed by atoms with van der Waals surface area (Å²) in [5.41, 5.74) is 1.56. The number of hydrogen-bond acceptors (Lipinski definition) is 2. The van der Waals surface area contributed by atoms with Crippen LogP contribution in [0.1, 0.15) is 6.92 Å². The number of hydrogen-bond donors (Lipinski definition) is 1. The van der Waals surface area contributed by atoms with Crippen LogP contribution in [0, 0.1) is 0 Å². The van der Waals surface area contributed by atoms with Gasteiger partial charge < -0.3 is 10.2 Å². The molecule has 0 aromatic rings. The fourth-order valence-electron chi connectivity index (χ4n) is 0.717. The molecule has 1 N–H and O–H groups in total. The zero-order chi connectivity index (χ0) is 7.28. The zero-order valence-corrected chi connectivity index (χ0v) is 7.03. The van der Waals surface area contributed by atoms with Crippen molar-refractivity contribution in [1.82, 2.24) is 10.2 Å². The van der Waals surface area contributed by atoms with Crippen molar-refractivity contribution in [3.63, 3.8) is 0 Å². The Morgan fingerprint density at radius 1 is 1.67 bits per heavy atom. The Bertz CT molecular complexity index is 83.1. The van der Waals surface area contributed by atoms with Crippen LogP contribution in [0.25, 0.3) is 0 Å². The minimum Gasteiger partial charge on any atom is -0.378 e. The van der Waals surface area contributed by atoms with E-state index < -0.39 is 0 Å². The highest BCUT2D eigenvalue weighted by atomic mass is 32.1. The van der Waals surface area contributed by atoms with E-state index in [4.69, 9.17) is 0 Å². The predicted octanol–water partition coefficient (Wildman–Crippen LogP) is 0.483. The monoisotopic (exact) mass is 146 g/mol. The Morgan fingerprint density at radius 3 is 2.56 bits per heavy atom. The molecule has 0 saturated carbocycles. The van der Waals surface area contributed by atoms with Gasteiger partial charge in [0.25, 0.3) is 0 Å². The molecule has 0 aromatic heterocycles. The third kappa shape index (κ3) is 5.73. The highest BCUT2D eigenvalue weighted by Gasteiger charge is 1.97. The van der Waals surface area contributed by atoms with Crippen LogP contribution in [0.3, 0.4) is 0 Å². The summed E-state index contributed by atoms with van der Waals surface area (Å²) in [5, 5.41) is 3.02. The molecule has 0 radical (unpaired) electrons. The molecule has 0 aliphatic heterocycles. The van der Waals surface area contributed by atoms with E-state index in [1.165, 1.54) is 0 Å². The Morgan fingerprint density at radius 2 is 2.22 bits per heavy atom. The number of rotatable bonds is 4. The smallest absolute Gasteiger partial charge is 0.0617 e. The molecule has 54 valence electrons. The average Bonchev–Trinajstić information content (AvgIpc) is 1.63. The van der Waals surface area contributed by atoms with E-state index in [9.17, 15) is 0 Å². The number of likely N-dealkylation sites (N-methyl/N-ethyl adjacent to an activating group) is 1. The topological polar surface area (TPSA) is 15.3 Å². The first-order chi connectivity index (χ1) is 4.16. The van der Waals surface area contributed by atoms with Crippen LogP contribution in [-0.4, -0.2) is 37.1 Å². The van der Waals surface area contributed by atoms with Gasteiger partial charge in [-0.2, -0.15) is 0 Å². The summed E-state index contributed by atoms with van der Waals surface area (Å²) in [5.74, 6) is 0. The quantitative estimate of drug-likeness (QED) is 0.581. The molecule has 1 atom stereocenters. The normalized spacial score (nSPS) is 13.3. The van der Waals surface area contributed by atoms with Crippen LogP contribution in [0.4, 0.5) is 0 Å². The van der Waals surface area contributed by atoms with Crippen LogP contribution in [0.5, 0.6) is 0 Å². The lowest BCUT2D eigenvalue weighted by Gasteiger charge is -2.15. The van der Waals surface area contributed by atoms with E-state index in [-0.39, 0.29) is 0 Å². The van der Waals surface area contributed by atoms with Gasteiger partial charge in [-0.15, -0.1) is 0 Å². The molecule has 0 heterocycles. The maximum atomic E-state index is 4.63. The second-order valence-electron chi connectivity index (χ2n) is 2.45. The summed E-state index contributed by atoms with van der Waals surface area (Å²) >= 11 is 4.63. The Balaban J connectivity index is 3.25. The number of thiocarbonyl (C=S) groups is 1. The molecule has 0 aliphatic rings. The standard InChI is InChI=1S/C6H14N2S/c1-6(7-5-9)4-8(2)3/h5-6H,4H2,1-3H3,(H,7,9). The van der Waals surface area contributed by atoms with Crippen molar-refractivity contribution in [3.05, 3.63) is 0 Å². The molecular formula is C6H14N2S. The van der Waals surface area contributed by atoms with Crippen LogP contribution < -0.4 is 5.32 Å². The molecule has 0 saturated heterocycles. The predicted molar refractivity (Wildman–Crippen MR) is 44.8 cm³/mol. The molecule has 1 unspecified atom stereocenters. The largest absolute Gasteiger partial charge is 0.378 e. The summed E-state index contributed by atoms with van der Waals surface area (Å²) in [4.78, 5) is 2.12. The highest BCUT2D eigenvalue weighted by molar-refractivity contribution is 7.78. The average molecular weight is 146 g/mol. The van der Waals surface area contributed by atoms with Crippen molar-refractivity contribution in [2.45, 2.75) is 13.0 Å². The summed E-state index contributed by atoms with van der Waals surface area (Å²) in [6, 6.07) is 0.456. The molecule has 0 aromatic carbocycles. The summed E-state index contributed by atoms with van der Waals surface area (Å²) < 4.78 is 0. The van der Waals surface area contributed by atoms with Crippen LogP contribution in [-0.2, 0) is 0 Å². The molecule has 0 fully saturated rings. The zero-order valence-electron chi connectivity index (χ0n) is 6.22. The van der Waals surface area contributed by atoms with Gasteiger partial charge in [-0.3, -0.25) is 0 Å². The third-order valence-corrected chi connectivity index (χ3v) is 1.13. The molecule has 0 rings (SSSR count). The number of nitrogens with zero attached hydrogens (tertiary/aromatic N) is 1. The van der Waals surface area contributed by atoms with Crippen molar-refractivity contribution >= 4 is 17.7 Å². The van der Waals surface area contributed by atoms with Gasteiger partial charge in [0.15, 0.2) is 0 Å². The van der Waals surface area contributed by atoms with Gasteiger partial charge in [0.2, 0.25) is 0 Å². The van der Waals surface area contributed by atoms with E-state index in [0.717, 1.165) is 6.54 Å². The van der Waals surface area contributed by atoms with E-state index >= 15 is 0 Å². The van der Waals surface area contributed by atoms with Gasteiger partial charge >= 0.3 is 0 Å². The molecule has 0 spiro atoms. The Kier molecular flexibility index (Phi) is 4.62. The van der Waals surface area contributed by atoms with Gasteiger partial charge in [-0.25, -0.2) is 0 Å². The SMILES string of the molecule is CC(CN(C)C)NC=S. The molecule has 0 aliphatic carbocycles. The lowest BCUT2D eigenvalue weighted by atomic mass is 10.3. The van der Waals surface area contributed by atoms with E-state index in [1.807, 2.05) is 14.1 Å². The van der Waals surface area contributed by atoms with Crippen LogP contribution in [0.15, 0.2) is 0 Å². The van der Waals surface area contributed by atoms with Gasteiger partial charge in [0, 0.05) is 12.6 Å². The van der Waals surface area contributed by atoms with E-state index in [2.05, 4.69) is 29.4 Å². The fraction of sp³-hybridized carbons (Fsp3) is 0.833. The van der Waals surface area contributed by atoms with Crippen molar-refractivity contribution in [2.24, 2.45) is 0 Å². The Labute approximate surface area is 62.2 Å². The molecule has 0 bridgehead atoms. The van der Waals surface area contributed by atoms with Crippen molar-refractivity contribution < 1.29 is 0 Å². The fourth-order valence-corrected chi connectivity index (χ4v) is 0.949. The molecule has 2 nitrogen and oxygen atoms in total. The van der Waals surface area contributed by atoms with Gasteiger partial charge in [-0.1, -0.05) is 12.2 Å². The minimum absolute atomic E-state index is 0.456. The van der Waals surface area contributed by atoms with Crippen molar-refractivity contribution in [2.75, 3.05) is 20.6 Å². The summed E-state index contributed by atoms with van der Waals surface area (Å²) in [7, 11) is 4.09. The van der Waals surface area contributed by atoms with Gasteiger partial charge in [-0.05, 0) is 21.0 Å². The molecular weight excluding hydrogens is 132 g/mol. The minimum atomic E-state index is 0.456. The third-order valence-electron chi connectivity index (χ3n) is 0.992. The molecule has 9 heavy (non-hydrogen) atoms. The Hall–Kier alpha value is -0.150. The van der Waals surface area contributed by atoms with E-state index in [1.54, 1.807) is 5.49 Å². The first kappa shape index (κ1) is 8.85. The van der Waals surface area contributed by atoms with Crippen LogP contribution >= 0.6 is 12.2 Å². The maximum Gasteiger partial charge on any atom is 0.0617 e. The van der Waals surface area contributed by atoms with Gasteiger partial charge in [0.1, 0.15) is 0 Å². The van der Waals surface area contributed by atoms with E-state index in [0.29, 0.717) is 6.04 Å². The molecule has 3 heteroatoms. The lowest BCUT2D eigenvalue weighted by molar-refractivity contribution is 0.371.